The fourth-order valence-corrected chi connectivity index (χ4v) is 0.891. The van der Waals surface area contributed by atoms with Gasteiger partial charge in [-0.3, -0.25) is 0 Å². The van der Waals surface area contributed by atoms with Crippen molar-refractivity contribution in [3.05, 3.63) is 18.2 Å². The van der Waals surface area contributed by atoms with Gasteiger partial charge in [0.1, 0.15) is 5.82 Å². The molecule has 0 aromatic carbocycles. The van der Waals surface area contributed by atoms with Crippen molar-refractivity contribution < 1.29 is 0 Å². The van der Waals surface area contributed by atoms with E-state index in [9.17, 15) is 0 Å². The lowest BCUT2D eigenvalue weighted by molar-refractivity contribution is 0.810. The van der Waals surface area contributed by atoms with Crippen molar-refractivity contribution >= 4 is 24.0 Å². The number of rotatable bonds is 2. The van der Waals surface area contributed by atoms with Crippen LogP contribution in [-0.2, 0) is 13.5 Å². The maximum Gasteiger partial charge on any atom is 0.109 e. The fourth-order valence-electron chi connectivity index (χ4n) is 0.722. The maximum absolute atomic E-state index is 5.51. The third-order valence-corrected chi connectivity index (χ3v) is 1.43. The van der Waals surface area contributed by atoms with Crippen LogP contribution < -0.4 is 0 Å². The highest BCUT2D eigenvalue weighted by Crippen LogP contribution is 1.95. The predicted molar refractivity (Wildman–Crippen MR) is 44.9 cm³/mol. The molecule has 1 heterocycles. The quantitative estimate of drug-likeness (QED) is 0.634. The molecule has 0 aliphatic heterocycles. The zero-order valence-corrected chi connectivity index (χ0v) is 7.32. The van der Waals surface area contributed by atoms with Gasteiger partial charge in [0.2, 0.25) is 0 Å². The molecular weight excluding hydrogens is 171 g/mol. The molecule has 0 radical (unpaired) electrons. The van der Waals surface area contributed by atoms with E-state index in [0.29, 0.717) is 5.88 Å². The molecule has 58 valence electrons. The summed E-state index contributed by atoms with van der Waals surface area (Å²) in [4.78, 5) is 4.08. The predicted octanol–water partition coefficient (Wildman–Crippen LogP) is 1.62. The molecule has 1 aromatic heterocycles. The van der Waals surface area contributed by atoms with Crippen LogP contribution in [-0.4, -0.2) is 15.4 Å². The fraction of sp³-hybridized carbons (Fsp3) is 0.500. The second kappa shape index (κ2) is 4.58. The summed E-state index contributed by atoms with van der Waals surface area (Å²) in [6.45, 7) is 0. The minimum atomic E-state index is 0. The van der Waals surface area contributed by atoms with Crippen molar-refractivity contribution in [2.75, 3.05) is 5.88 Å². The van der Waals surface area contributed by atoms with E-state index in [1.165, 1.54) is 0 Å². The first kappa shape index (κ1) is 9.79. The molecule has 0 aliphatic rings. The lowest BCUT2D eigenvalue weighted by atomic mass is 10.4. The Kier molecular flexibility index (Phi) is 4.49. The van der Waals surface area contributed by atoms with Gasteiger partial charge < -0.3 is 4.57 Å². The molecule has 0 unspecified atom stereocenters. The number of imidazole rings is 1. The third kappa shape index (κ3) is 2.20. The van der Waals surface area contributed by atoms with Gasteiger partial charge in [-0.2, -0.15) is 0 Å². The largest absolute Gasteiger partial charge is 0.338 e. The highest BCUT2D eigenvalue weighted by molar-refractivity contribution is 6.17. The highest BCUT2D eigenvalue weighted by atomic mass is 35.5. The van der Waals surface area contributed by atoms with Crippen LogP contribution in [0.3, 0.4) is 0 Å². The van der Waals surface area contributed by atoms with Gasteiger partial charge in [0, 0.05) is 31.7 Å². The van der Waals surface area contributed by atoms with Crippen molar-refractivity contribution in [2.24, 2.45) is 7.05 Å². The Labute approximate surface area is 71.6 Å². The van der Waals surface area contributed by atoms with E-state index >= 15 is 0 Å². The normalized spacial score (nSPS) is 9.00. The number of hydrogen-bond donors (Lipinski definition) is 0. The Morgan fingerprint density at radius 3 is 2.80 bits per heavy atom. The van der Waals surface area contributed by atoms with Gasteiger partial charge in [-0.15, -0.1) is 24.0 Å². The van der Waals surface area contributed by atoms with Crippen molar-refractivity contribution in [2.45, 2.75) is 6.42 Å². The summed E-state index contributed by atoms with van der Waals surface area (Å²) < 4.78 is 1.97. The second-order valence-electron chi connectivity index (χ2n) is 1.89. The molecule has 10 heavy (non-hydrogen) atoms. The highest BCUT2D eigenvalue weighted by Gasteiger charge is 1.94. The minimum Gasteiger partial charge on any atom is -0.338 e. The number of nitrogens with zero attached hydrogens (tertiary/aromatic N) is 2. The standard InChI is InChI=1S/C6H9ClN2.ClH/c1-9-5-4-8-6(9)2-3-7;/h4-5H,2-3H2,1H3;1H. The SMILES string of the molecule is Cl.Cn1ccnc1CCCl. The van der Waals surface area contributed by atoms with Gasteiger partial charge in [0.15, 0.2) is 0 Å². The first-order valence-electron chi connectivity index (χ1n) is 2.86. The van der Waals surface area contributed by atoms with Crippen LogP contribution in [0.2, 0.25) is 0 Å². The Morgan fingerprint density at radius 2 is 2.40 bits per heavy atom. The Morgan fingerprint density at radius 1 is 1.70 bits per heavy atom. The van der Waals surface area contributed by atoms with Crippen LogP contribution in [0.25, 0.3) is 0 Å². The summed E-state index contributed by atoms with van der Waals surface area (Å²) in [5.74, 6) is 1.69. The average molecular weight is 181 g/mol. The van der Waals surface area contributed by atoms with Crippen LogP contribution in [0, 0.1) is 0 Å². The summed E-state index contributed by atoms with van der Waals surface area (Å²) >= 11 is 5.51. The first-order valence-corrected chi connectivity index (χ1v) is 3.40. The molecule has 1 aromatic rings. The van der Waals surface area contributed by atoms with Crippen LogP contribution in [0.4, 0.5) is 0 Å². The Balaban J connectivity index is 0.000000810. The first-order chi connectivity index (χ1) is 4.34. The molecule has 2 nitrogen and oxygen atoms in total. The third-order valence-electron chi connectivity index (χ3n) is 1.24. The van der Waals surface area contributed by atoms with Gasteiger partial charge >= 0.3 is 0 Å². The average Bonchev–Trinajstić information content (AvgIpc) is 2.18. The molecule has 0 bridgehead atoms. The summed E-state index contributed by atoms with van der Waals surface area (Å²) in [6.07, 6.45) is 4.55. The maximum atomic E-state index is 5.51. The second-order valence-corrected chi connectivity index (χ2v) is 2.27. The summed E-state index contributed by atoms with van der Waals surface area (Å²) in [7, 11) is 1.97. The van der Waals surface area contributed by atoms with Crippen molar-refractivity contribution in [1.29, 1.82) is 0 Å². The molecule has 0 saturated heterocycles. The number of aryl methyl sites for hydroxylation is 2. The molecule has 4 heteroatoms. The topological polar surface area (TPSA) is 17.8 Å². The van der Waals surface area contributed by atoms with Crippen LogP contribution in [0.15, 0.2) is 12.4 Å². The molecule has 0 aliphatic carbocycles. The Bertz CT molecular complexity index is 186. The smallest absolute Gasteiger partial charge is 0.109 e. The van der Waals surface area contributed by atoms with Crippen molar-refractivity contribution in [3.8, 4) is 0 Å². The van der Waals surface area contributed by atoms with Crippen molar-refractivity contribution in [3.63, 3.8) is 0 Å². The van der Waals surface area contributed by atoms with E-state index in [1.54, 1.807) is 6.20 Å². The van der Waals surface area contributed by atoms with E-state index in [-0.39, 0.29) is 12.4 Å². The molecule has 0 atom stereocenters. The van der Waals surface area contributed by atoms with E-state index in [4.69, 9.17) is 11.6 Å². The van der Waals surface area contributed by atoms with Crippen LogP contribution >= 0.6 is 24.0 Å². The summed E-state index contributed by atoms with van der Waals surface area (Å²) in [6, 6.07) is 0. The van der Waals surface area contributed by atoms with E-state index < -0.39 is 0 Å². The van der Waals surface area contributed by atoms with Gasteiger partial charge in [0.25, 0.3) is 0 Å². The summed E-state index contributed by atoms with van der Waals surface area (Å²) in [5.41, 5.74) is 0. The van der Waals surface area contributed by atoms with Gasteiger partial charge in [-0.1, -0.05) is 0 Å². The van der Waals surface area contributed by atoms with E-state index in [0.717, 1.165) is 12.2 Å². The lowest BCUT2D eigenvalue weighted by Crippen LogP contribution is -1.97. The van der Waals surface area contributed by atoms with Crippen LogP contribution in [0.1, 0.15) is 5.82 Å². The van der Waals surface area contributed by atoms with Gasteiger partial charge in [0.05, 0.1) is 0 Å². The van der Waals surface area contributed by atoms with E-state index in [1.807, 2.05) is 17.8 Å². The molecule has 0 spiro atoms. The lowest BCUT2D eigenvalue weighted by Gasteiger charge is -1.95. The Hall–Kier alpha value is -0.210. The van der Waals surface area contributed by atoms with Crippen molar-refractivity contribution in [1.82, 2.24) is 9.55 Å². The molecule has 0 saturated carbocycles. The number of alkyl halides is 1. The summed E-state index contributed by atoms with van der Waals surface area (Å²) in [5, 5.41) is 0. The minimum absolute atomic E-state index is 0. The monoisotopic (exact) mass is 180 g/mol. The zero-order chi connectivity index (χ0) is 6.69. The molecular formula is C6H10Cl2N2. The number of hydrogen-bond acceptors (Lipinski definition) is 1. The van der Waals surface area contributed by atoms with Gasteiger partial charge in [-0.05, 0) is 0 Å². The van der Waals surface area contributed by atoms with Crippen LogP contribution in [0.5, 0.6) is 0 Å². The molecule has 0 N–H and O–H groups in total. The molecule has 0 fully saturated rings. The zero-order valence-electron chi connectivity index (χ0n) is 5.75. The number of halogens is 2. The molecule has 1 rings (SSSR count). The number of aromatic nitrogens is 2. The van der Waals surface area contributed by atoms with Gasteiger partial charge in [-0.25, -0.2) is 4.98 Å². The molecule has 0 amide bonds. The van der Waals surface area contributed by atoms with E-state index in [2.05, 4.69) is 4.98 Å².